The Kier molecular flexibility index (Phi) is 5.00. The van der Waals surface area contributed by atoms with E-state index in [2.05, 4.69) is 21.8 Å². The lowest BCUT2D eigenvalue weighted by Crippen LogP contribution is -2.23. The summed E-state index contributed by atoms with van der Waals surface area (Å²) in [6.45, 7) is 3.01. The molecule has 0 saturated heterocycles. The number of nitrogens with one attached hydrogen (secondary N) is 1. The van der Waals surface area contributed by atoms with E-state index in [1.807, 2.05) is 13.2 Å². The number of rotatable bonds is 6. The van der Waals surface area contributed by atoms with Crippen molar-refractivity contribution in [3.8, 4) is 0 Å². The van der Waals surface area contributed by atoms with Gasteiger partial charge in [-0.05, 0) is 30.9 Å². The van der Waals surface area contributed by atoms with Crippen LogP contribution in [0.4, 0.5) is 0 Å². The first-order valence-corrected chi connectivity index (χ1v) is 5.50. The summed E-state index contributed by atoms with van der Waals surface area (Å²) in [6, 6.07) is 0.338. The largest absolute Gasteiger partial charge is 0.385 e. The van der Waals surface area contributed by atoms with Crippen molar-refractivity contribution in [3.63, 3.8) is 0 Å². The molecule has 0 aromatic carbocycles. The maximum absolute atomic E-state index is 5.07. The van der Waals surface area contributed by atoms with Crippen molar-refractivity contribution in [2.75, 3.05) is 20.8 Å². The number of ether oxygens (including phenoxy) is 1. The number of hydrogen-bond acceptors (Lipinski definition) is 5. The van der Waals surface area contributed by atoms with Crippen LogP contribution in [0, 0.1) is 5.92 Å². The molecule has 1 rings (SSSR count). The van der Waals surface area contributed by atoms with Crippen LogP contribution in [0.3, 0.4) is 0 Å². The zero-order chi connectivity index (χ0) is 10.4. The Bertz CT molecular complexity index is 240. The molecule has 2 atom stereocenters. The zero-order valence-electron chi connectivity index (χ0n) is 8.86. The molecule has 0 aliphatic carbocycles. The van der Waals surface area contributed by atoms with Crippen molar-refractivity contribution in [2.45, 2.75) is 19.4 Å². The Labute approximate surface area is 88.8 Å². The lowest BCUT2D eigenvalue weighted by Gasteiger charge is -2.21. The van der Waals surface area contributed by atoms with Gasteiger partial charge in [0.15, 0.2) is 0 Å². The molecular weight excluding hydrogens is 198 g/mol. The third kappa shape index (κ3) is 3.01. The molecule has 0 aliphatic rings. The molecule has 2 unspecified atom stereocenters. The van der Waals surface area contributed by atoms with Gasteiger partial charge >= 0.3 is 0 Å². The van der Waals surface area contributed by atoms with Crippen molar-refractivity contribution < 1.29 is 4.74 Å². The summed E-state index contributed by atoms with van der Waals surface area (Å²) in [5.74, 6) is 0.530. The molecule has 4 nitrogen and oxygen atoms in total. The van der Waals surface area contributed by atoms with Crippen LogP contribution in [0.25, 0.3) is 0 Å². The molecule has 1 N–H and O–H groups in total. The Balaban J connectivity index is 2.53. The summed E-state index contributed by atoms with van der Waals surface area (Å²) in [5.41, 5.74) is 0. The molecule has 0 saturated carbocycles. The quantitative estimate of drug-likeness (QED) is 0.780. The molecule has 0 fully saturated rings. The van der Waals surface area contributed by atoms with E-state index >= 15 is 0 Å². The minimum atomic E-state index is 0.338. The molecular formula is C9H17N3OS. The molecule has 80 valence electrons. The fourth-order valence-electron chi connectivity index (χ4n) is 1.49. The normalized spacial score (nSPS) is 15.4. The van der Waals surface area contributed by atoms with E-state index < -0.39 is 0 Å². The van der Waals surface area contributed by atoms with E-state index in [9.17, 15) is 0 Å². The molecule has 1 heterocycles. The first kappa shape index (κ1) is 11.6. The molecule has 1 aromatic heterocycles. The monoisotopic (exact) mass is 215 g/mol. The van der Waals surface area contributed by atoms with Crippen LogP contribution in [0.2, 0.25) is 0 Å². The van der Waals surface area contributed by atoms with Gasteiger partial charge in [-0.2, -0.15) is 0 Å². The first-order chi connectivity index (χ1) is 6.79. The summed E-state index contributed by atoms with van der Waals surface area (Å²) in [6.07, 6.45) is 2.87. The highest BCUT2D eigenvalue weighted by Crippen LogP contribution is 2.25. The van der Waals surface area contributed by atoms with E-state index in [0.29, 0.717) is 12.0 Å². The van der Waals surface area contributed by atoms with E-state index in [0.717, 1.165) is 13.0 Å². The highest BCUT2D eigenvalue weighted by molar-refractivity contribution is 7.05. The molecule has 14 heavy (non-hydrogen) atoms. The molecule has 0 amide bonds. The maximum Gasteiger partial charge on any atom is 0.0669 e. The van der Waals surface area contributed by atoms with Crippen molar-refractivity contribution in [1.82, 2.24) is 14.9 Å². The number of methoxy groups -OCH3 is 1. The van der Waals surface area contributed by atoms with Crippen LogP contribution < -0.4 is 5.32 Å². The first-order valence-electron chi connectivity index (χ1n) is 4.73. The number of hydrogen-bond donors (Lipinski definition) is 1. The Hall–Kier alpha value is -0.520. The second-order valence-corrected chi connectivity index (χ2v) is 4.16. The fraction of sp³-hybridized carbons (Fsp3) is 0.778. The second-order valence-electron chi connectivity index (χ2n) is 3.34. The predicted octanol–water partition coefficient (Wildman–Crippen LogP) is 1.47. The van der Waals surface area contributed by atoms with Gasteiger partial charge in [-0.1, -0.05) is 11.4 Å². The van der Waals surface area contributed by atoms with Gasteiger partial charge in [-0.15, -0.1) is 5.10 Å². The van der Waals surface area contributed by atoms with Crippen LogP contribution in [0.5, 0.6) is 0 Å². The van der Waals surface area contributed by atoms with Crippen molar-refractivity contribution in [2.24, 2.45) is 5.92 Å². The maximum atomic E-state index is 5.07. The van der Waals surface area contributed by atoms with Gasteiger partial charge < -0.3 is 10.1 Å². The lowest BCUT2D eigenvalue weighted by atomic mass is 9.98. The summed E-state index contributed by atoms with van der Waals surface area (Å²) in [7, 11) is 3.70. The summed E-state index contributed by atoms with van der Waals surface area (Å²) in [5, 5.41) is 7.14. The minimum Gasteiger partial charge on any atom is -0.385 e. The van der Waals surface area contributed by atoms with Crippen molar-refractivity contribution in [3.05, 3.63) is 11.1 Å². The third-order valence-electron chi connectivity index (χ3n) is 2.34. The number of nitrogens with zero attached hydrogens (tertiary/aromatic N) is 2. The average Bonchev–Trinajstić information content (AvgIpc) is 2.69. The summed E-state index contributed by atoms with van der Waals surface area (Å²) in [4.78, 5) is 1.19. The van der Waals surface area contributed by atoms with Crippen LogP contribution in [0.1, 0.15) is 24.3 Å². The Morgan fingerprint density at radius 2 is 2.43 bits per heavy atom. The SMILES string of the molecule is CNC(c1cnns1)C(C)CCOC. The van der Waals surface area contributed by atoms with Crippen LogP contribution in [-0.4, -0.2) is 30.4 Å². The molecule has 0 aliphatic heterocycles. The van der Waals surface area contributed by atoms with E-state index in [-0.39, 0.29) is 0 Å². The summed E-state index contributed by atoms with van der Waals surface area (Å²) < 4.78 is 8.94. The molecule has 1 aromatic rings. The summed E-state index contributed by atoms with van der Waals surface area (Å²) >= 11 is 1.45. The topological polar surface area (TPSA) is 47.0 Å². The van der Waals surface area contributed by atoms with Crippen LogP contribution in [0.15, 0.2) is 6.20 Å². The zero-order valence-corrected chi connectivity index (χ0v) is 9.67. The fourth-order valence-corrected chi connectivity index (χ4v) is 2.24. The van der Waals surface area contributed by atoms with E-state index in [1.165, 1.54) is 16.4 Å². The molecule has 0 spiro atoms. The molecule has 5 heteroatoms. The van der Waals surface area contributed by atoms with Gasteiger partial charge in [0.2, 0.25) is 0 Å². The lowest BCUT2D eigenvalue weighted by molar-refractivity contribution is 0.171. The average molecular weight is 215 g/mol. The van der Waals surface area contributed by atoms with Gasteiger partial charge in [0, 0.05) is 19.8 Å². The Morgan fingerprint density at radius 1 is 1.64 bits per heavy atom. The van der Waals surface area contributed by atoms with Crippen LogP contribution >= 0.6 is 11.5 Å². The van der Waals surface area contributed by atoms with Gasteiger partial charge in [0.05, 0.1) is 11.1 Å². The molecule has 0 radical (unpaired) electrons. The van der Waals surface area contributed by atoms with Gasteiger partial charge in [0.1, 0.15) is 0 Å². The minimum absolute atomic E-state index is 0.338. The smallest absolute Gasteiger partial charge is 0.0669 e. The predicted molar refractivity (Wildman–Crippen MR) is 57.4 cm³/mol. The second kappa shape index (κ2) is 6.06. The van der Waals surface area contributed by atoms with Gasteiger partial charge in [0.25, 0.3) is 0 Å². The van der Waals surface area contributed by atoms with Crippen molar-refractivity contribution >= 4 is 11.5 Å². The van der Waals surface area contributed by atoms with Crippen molar-refractivity contribution in [1.29, 1.82) is 0 Å². The highest BCUT2D eigenvalue weighted by Gasteiger charge is 2.18. The van der Waals surface area contributed by atoms with E-state index in [4.69, 9.17) is 4.74 Å². The standard InChI is InChI=1S/C9H17N3OS/c1-7(4-5-13-3)9(10-2)8-6-11-12-14-8/h6-7,9-10H,4-5H2,1-3H3. The van der Waals surface area contributed by atoms with Gasteiger partial charge in [-0.25, -0.2) is 0 Å². The van der Waals surface area contributed by atoms with E-state index in [1.54, 1.807) is 7.11 Å². The van der Waals surface area contributed by atoms with Gasteiger partial charge in [-0.3, -0.25) is 0 Å². The molecule has 0 bridgehead atoms. The third-order valence-corrected chi connectivity index (χ3v) is 3.09. The van der Waals surface area contributed by atoms with Crippen LogP contribution in [-0.2, 0) is 4.74 Å². The highest BCUT2D eigenvalue weighted by atomic mass is 32.1. The Morgan fingerprint density at radius 3 is 2.93 bits per heavy atom. The number of aromatic nitrogens is 2.